The lowest BCUT2D eigenvalue weighted by atomic mass is 9.98. The summed E-state index contributed by atoms with van der Waals surface area (Å²) in [6.45, 7) is 0. The molecule has 0 aliphatic heterocycles. The Labute approximate surface area is 146 Å². The fourth-order valence-electron chi connectivity index (χ4n) is 3.46. The van der Waals surface area contributed by atoms with Gasteiger partial charge >= 0.3 is 0 Å². The van der Waals surface area contributed by atoms with Crippen LogP contribution < -0.4 is 4.74 Å². The number of ketones is 1. The lowest BCUT2D eigenvalue weighted by Crippen LogP contribution is -2.19. The molecule has 0 saturated heterocycles. The second-order valence-corrected chi connectivity index (χ2v) is 6.69. The van der Waals surface area contributed by atoms with Gasteiger partial charge in [0.15, 0.2) is 0 Å². The summed E-state index contributed by atoms with van der Waals surface area (Å²) >= 11 is 0. The van der Waals surface area contributed by atoms with E-state index in [0.717, 1.165) is 29.5 Å². The van der Waals surface area contributed by atoms with E-state index in [2.05, 4.69) is 4.98 Å². The summed E-state index contributed by atoms with van der Waals surface area (Å²) in [5, 5.41) is 10.4. The molecule has 1 fully saturated rings. The number of nitrogens with one attached hydrogen (secondary N) is 1. The quantitative estimate of drug-likeness (QED) is 0.672. The number of fused-ring (bicyclic) bond motifs is 1. The summed E-state index contributed by atoms with van der Waals surface area (Å²) in [6, 6.07) is 14.1. The van der Waals surface area contributed by atoms with Crippen LogP contribution in [0, 0.1) is 0 Å². The largest absolute Gasteiger partial charge is 0.508 e. The number of aromatic hydroxyl groups is 1. The van der Waals surface area contributed by atoms with E-state index < -0.39 is 0 Å². The van der Waals surface area contributed by atoms with Gasteiger partial charge in [-0.25, -0.2) is 0 Å². The standard InChI is InChI=1S/C21H21NO3/c23-16-8-11-19-15(12-16)13-20(22-19)21(24)14-6-9-18(10-7-14)25-17-4-2-1-3-5-17/h6-13,17,22-23H,1-5H2. The minimum Gasteiger partial charge on any atom is -0.508 e. The van der Waals surface area contributed by atoms with Crippen molar-refractivity contribution in [1.29, 1.82) is 0 Å². The fraction of sp³-hybridized carbons (Fsp3) is 0.286. The molecule has 1 aliphatic rings. The first-order chi connectivity index (χ1) is 12.2. The molecular weight excluding hydrogens is 314 g/mol. The second-order valence-electron chi connectivity index (χ2n) is 6.69. The first-order valence-corrected chi connectivity index (χ1v) is 8.82. The van der Waals surface area contributed by atoms with Gasteiger partial charge in [0, 0.05) is 16.5 Å². The van der Waals surface area contributed by atoms with Crippen LogP contribution in [-0.2, 0) is 0 Å². The fourth-order valence-corrected chi connectivity index (χ4v) is 3.46. The van der Waals surface area contributed by atoms with E-state index in [1.165, 1.54) is 19.3 Å². The van der Waals surface area contributed by atoms with Gasteiger partial charge in [-0.1, -0.05) is 6.42 Å². The summed E-state index contributed by atoms with van der Waals surface area (Å²) in [4.78, 5) is 15.8. The Kier molecular flexibility index (Phi) is 4.18. The molecule has 0 bridgehead atoms. The van der Waals surface area contributed by atoms with Crippen LogP contribution in [0.3, 0.4) is 0 Å². The lowest BCUT2D eigenvalue weighted by Gasteiger charge is -2.23. The number of H-pyrrole nitrogens is 1. The van der Waals surface area contributed by atoms with Crippen LogP contribution in [0.5, 0.6) is 11.5 Å². The minimum absolute atomic E-state index is 0.0695. The monoisotopic (exact) mass is 335 g/mol. The van der Waals surface area contributed by atoms with Gasteiger partial charge in [0.05, 0.1) is 11.8 Å². The highest BCUT2D eigenvalue weighted by Crippen LogP contribution is 2.25. The Balaban J connectivity index is 1.51. The van der Waals surface area contributed by atoms with Crippen molar-refractivity contribution >= 4 is 16.7 Å². The predicted octanol–water partition coefficient (Wildman–Crippen LogP) is 4.82. The van der Waals surface area contributed by atoms with Crippen LogP contribution in [0.1, 0.15) is 48.2 Å². The number of benzene rings is 2. The van der Waals surface area contributed by atoms with Crippen molar-refractivity contribution in [3.63, 3.8) is 0 Å². The average Bonchev–Trinajstić information content (AvgIpc) is 3.06. The third-order valence-electron chi connectivity index (χ3n) is 4.82. The van der Waals surface area contributed by atoms with Crippen molar-refractivity contribution in [2.45, 2.75) is 38.2 Å². The Morgan fingerprint density at radius 1 is 1.00 bits per heavy atom. The van der Waals surface area contributed by atoms with Gasteiger partial charge in [0.1, 0.15) is 11.5 Å². The number of hydrogen-bond acceptors (Lipinski definition) is 3. The highest BCUT2D eigenvalue weighted by molar-refractivity contribution is 6.10. The first kappa shape index (κ1) is 15.8. The number of ether oxygens (including phenoxy) is 1. The van der Waals surface area contributed by atoms with Crippen LogP contribution in [0.2, 0.25) is 0 Å². The van der Waals surface area contributed by atoms with Gasteiger partial charge in [-0.15, -0.1) is 0 Å². The highest BCUT2D eigenvalue weighted by atomic mass is 16.5. The molecule has 1 heterocycles. The van der Waals surface area contributed by atoms with Crippen molar-refractivity contribution in [3.05, 3.63) is 59.8 Å². The zero-order valence-corrected chi connectivity index (χ0v) is 14.0. The normalized spacial score (nSPS) is 15.4. The molecule has 4 rings (SSSR count). The summed E-state index contributed by atoms with van der Waals surface area (Å²) in [5.74, 6) is 0.944. The Morgan fingerprint density at radius 3 is 2.52 bits per heavy atom. The van der Waals surface area contributed by atoms with E-state index >= 15 is 0 Å². The van der Waals surface area contributed by atoms with Gasteiger partial charge in [0.25, 0.3) is 0 Å². The molecule has 4 heteroatoms. The van der Waals surface area contributed by atoms with Crippen molar-refractivity contribution in [2.75, 3.05) is 0 Å². The smallest absolute Gasteiger partial charge is 0.209 e. The highest BCUT2D eigenvalue weighted by Gasteiger charge is 2.16. The van der Waals surface area contributed by atoms with Crippen LogP contribution in [0.25, 0.3) is 10.9 Å². The van der Waals surface area contributed by atoms with Gasteiger partial charge in [-0.3, -0.25) is 4.79 Å². The third-order valence-corrected chi connectivity index (χ3v) is 4.82. The lowest BCUT2D eigenvalue weighted by molar-refractivity contribution is 0.103. The maximum atomic E-state index is 12.7. The molecule has 128 valence electrons. The molecular formula is C21H21NO3. The molecule has 2 aromatic carbocycles. The van der Waals surface area contributed by atoms with Gasteiger partial charge in [0.2, 0.25) is 5.78 Å². The van der Waals surface area contributed by atoms with Crippen molar-refractivity contribution in [1.82, 2.24) is 4.98 Å². The number of aromatic amines is 1. The van der Waals surface area contributed by atoms with E-state index in [-0.39, 0.29) is 11.5 Å². The van der Waals surface area contributed by atoms with Crippen molar-refractivity contribution in [3.8, 4) is 11.5 Å². The molecule has 1 aromatic heterocycles. The molecule has 0 amide bonds. The minimum atomic E-state index is -0.0695. The number of carbonyl (C=O) groups excluding carboxylic acids is 1. The van der Waals surface area contributed by atoms with Gasteiger partial charge < -0.3 is 14.8 Å². The first-order valence-electron chi connectivity index (χ1n) is 8.82. The number of phenols is 1. The maximum Gasteiger partial charge on any atom is 0.209 e. The Morgan fingerprint density at radius 2 is 1.76 bits per heavy atom. The van der Waals surface area contributed by atoms with E-state index in [0.29, 0.717) is 17.4 Å². The summed E-state index contributed by atoms with van der Waals surface area (Å²) in [5.41, 5.74) is 1.96. The van der Waals surface area contributed by atoms with E-state index in [1.54, 1.807) is 24.3 Å². The summed E-state index contributed by atoms with van der Waals surface area (Å²) in [7, 11) is 0. The summed E-state index contributed by atoms with van der Waals surface area (Å²) in [6.07, 6.45) is 6.30. The molecule has 3 aromatic rings. The third kappa shape index (κ3) is 3.38. The molecule has 0 radical (unpaired) electrons. The Bertz CT molecular complexity index is 889. The number of hydrogen-bond donors (Lipinski definition) is 2. The van der Waals surface area contributed by atoms with E-state index in [4.69, 9.17) is 4.74 Å². The zero-order valence-electron chi connectivity index (χ0n) is 14.0. The molecule has 0 spiro atoms. The van der Waals surface area contributed by atoms with Gasteiger partial charge in [-0.2, -0.15) is 0 Å². The number of carbonyl (C=O) groups is 1. The van der Waals surface area contributed by atoms with Crippen molar-refractivity contribution < 1.29 is 14.6 Å². The zero-order chi connectivity index (χ0) is 17.2. The number of phenolic OH excluding ortho intramolecular Hbond substituents is 1. The average molecular weight is 335 g/mol. The molecule has 25 heavy (non-hydrogen) atoms. The van der Waals surface area contributed by atoms with Crippen LogP contribution in [-0.4, -0.2) is 22.0 Å². The second kappa shape index (κ2) is 6.63. The Hall–Kier alpha value is -2.75. The molecule has 2 N–H and O–H groups in total. The summed E-state index contributed by atoms with van der Waals surface area (Å²) < 4.78 is 6.01. The van der Waals surface area contributed by atoms with Crippen LogP contribution in [0.4, 0.5) is 0 Å². The molecule has 4 nitrogen and oxygen atoms in total. The molecule has 1 aliphatic carbocycles. The molecule has 1 saturated carbocycles. The number of rotatable bonds is 4. The number of aromatic nitrogens is 1. The maximum absolute atomic E-state index is 12.7. The van der Waals surface area contributed by atoms with Crippen LogP contribution in [0.15, 0.2) is 48.5 Å². The van der Waals surface area contributed by atoms with Gasteiger partial charge in [-0.05, 0) is 74.2 Å². The topological polar surface area (TPSA) is 62.3 Å². The van der Waals surface area contributed by atoms with E-state index in [1.807, 2.05) is 24.3 Å². The predicted molar refractivity (Wildman–Crippen MR) is 97.3 cm³/mol. The van der Waals surface area contributed by atoms with Crippen molar-refractivity contribution in [2.24, 2.45) is 0 Å². The van der Waals surface area contributed by atoms with E-state index in [9.17, 15) is 9.90 Å². The SMILES string of the molecule is O=C(c1ccc(OC2CCCCC2)cc1)c1cc2cc(O)ccc2[nH]1. The molecule has 0 unspecified atom stereocenters. The van der Waals surface area contributed by atoms with Crippen LogP contribution >= 0.6 is 0 Å². The molecule has 0 atom stereocenters.